The van der Waals surface area contributed by atoms with Crippen molar-refractivity contribution in [3.63, 3.8) is 0 Å². The van der Waals surface area contributed by atoms with Crippen molar-refractivity contribution in [3.8, 4) is 11.5 Å². The Balaban J connectivity index is 2.02. The van der Waals surface area contributed by atoms with Crippen LogP contribution in [0, 0.1) is 0 Å². The quantitative estimate of drug-likeness (QED) is 0.767. The summed E-state index contributed by atoms with van der Waals surface area (Å²) in [7, 11) is 3.19. The van der Waals surface area contributed by atoms with Crippen LogP contribution in [0.5, 0.6) is 11.5 Å². The Bertz CT molecular complexity index is 778. The predicted molar refractivity (Wildman–Crippen MR) is 89.7 cm³/mol. The zero-order valence-electron chi connectivity index (χ0n) is 12.4. The van der Waals surface area contributed by atoms with E-state index in [2.05, 4.69) is 15.9 Å². The van der Waals surface area contributed by atoms with Crippen LogP contribution in [0.2, 0.25) is 0 Å². The van der Waals surface area contributed by atoms with Crippen LogP contribution in [0.15, 0.2) is 46.4 Å². The number of halogens is 1. The van der Waals surface area contributed by atoms with Crippen molar-refractivity contribution in [3.05, 3.63) is 63.1 Å². The van der Waals surface area contributed by atoms with Crippen molar-refractivity contribution < 1.29 is 14.3 Å². The third kappa shape index (κ3) is 2.55. The summed E-state index contributed by atoms with van der Waals surface area (Å²) in [5.41, 5.74) is 3.56. The van der Waals surface area contributed by atoms with Gasteiger partial charge in [-0.05, 0) is 29.3 Å². The second-order valence-corrected chi connectivity index (χ2v) is 5.92. The number of allylic oxidation sites excluding steroid dienone is 1. The van der Waals surface area contributed by atoms with Crippen LogP contribution < -0.4 is 9.47 Å². The number of rotatable bonds is 3. The highest BCUT2D eigenvalue weighted by atomic mass is 79.9. The van der Waals surface area contributed by atoms with E-state index in [0.29, 0.717) is 17.9 Å². The maximum atomic E-state index is 12.5. The van der Waals surface area contributed by atoms with Crippen molar-refractivity contribution in [2.75, 3.05) is 14.2 Å². The molecule has 0 saturated heterocycles. The molecule has 2 aromatic carbocycles. The van der Waals surface area contributed by atoms with Crippen molar-refractivity contribution in [2.24, 2.45) is 0 Å². The average Bonchev–Trinajstić information content (AvgIpc) is 2.85. The van der Waals surface area contributed by atoms with Crippen LogP contribution in [-0.2, 0) is 6.42 Å². The molecule has 0 bridgehead atoms. The summed E-state index contributed by atoms with van der Waals surface area (Å²) in [5, 5.41) is 0. The van der Waals surface area contributed by atoms with Crippen molar-refractivity contribution in [1.82, 2.24) is 0 Å². The van der Waals surface area contributed by atoms with E-state index < -0.39 is 0 Å². The highest BCUT2D eigenvalue weighted by molar-refractivity contribution is 9.10. The van der Waals surface area contributed by atoms with E-state index >= 15 is 0 Å². The number of carbonyl (C=O) groups excluding carboxylic acids is 1. The van der Waals surface area contributed by atoms with Gasteiger partial charge in [-0.3, -0.25) is 4.79 Å². The predicted octanol–water partition coefficient (Wildman–Crippen LogP) is 4.29. The summed E-state index contributed by atoms with van der Waals surface area (Å²) >= 11 is 3.52. The minimum atomic E-state index is 0.0947. The van der Waals surface area contributed by atoms with E-state index in [0.717, 1.165) is 26.7 Å². The fourth-order valence-electron chi connectivity index (χ4n) is 2.64. The first-order valence-corrected chi connectivity index (χ1v) is 7.68. The lowest BCUT2D eigenvalue weighted by Crippen LogP contribution is -1.96. The van der Waals surface area contributed by atoms with Crippen LogP contribution in [0.1, 0.15) is 21.5 Å². The van der Waals surface area contributed by atoms with Gasteiger partial charge in [-0.15, -0.1) is 0 Å². The van der Waals surface area contributed by atoms with Crippen molar-refractivity contribution in [2.45, 2.75) is 6.42 Å². The molecule has 3 rings (SSSR count). The van der Waals surface area contributed by atoms with Gasteiger partial charge in [0.1, 0.15) is 0 Å². The lowest BCUT2D eigenvalue weighted by atomic mass is 10.1. The Morgan fingerprint density at radius 3 is 2.45 bits per heavy atom. The molecule has 0 unspecified atom stereocenters. The average molecular weight is 359 g/mol. The van der Waals surface area contributed by atoms with E-state index in [1.807, 2.05) is 42.5 Å². The van der Waals surface area contributed by atoms with Gasteiger partial charge in [0.2, 0.25) is 0 Å². The van der Waals surface area contributed by atoms with Gasteiger partial charge in [0, 0.05) is 22.0 Å². The Morgan fingerprint density at radius 1 is 1.09 bits per heavy atom. The second-order valence-electron chi connectivity index (χ2n) is 5.06. The lowest BCUT2D eigenvalue weighted by molar-refractivity contribution is 0.104. The summed E-state index contributed by atoms with van der Waals surface area (Å²) < 4.78 is 11.5. The number of Topliss-reactive ketones (excluding diaryl/α,β-unsaturated/α-hetero) is 1. The molecule has 0 radical (unpaired) electrons. The lowest BCUT2D eigenvalue weighted by Gasteiger charge is -2.10. The first-order chi connectivity index (χ1) is 10.6. The van der Waals surface area contributed by atoms with Crippen LogP contribution >= 0.6 is 15.9 Å². The first kappa shape index (κ1) is 14.9. The van der Waals surface area contributed by atoms with Crippen molar-refractivity contribution >= 4 is 27.8 Å². The number of hydrogen-bond donors (Lipinski definition) is 0. The number of benzene rings is 2. The maximum absolute atomic E-state index is 12.5. The van der Waals surface area contributed by atoms with E-state index in [1.165, 1.54) is 0 Å². The van der Waals surface area contributed by atoms with Gasteiger partial charge in [0.25, 0.3) is 0 Å². The van der Waals surface area contributed by atoms with Gasteiger partial charge in [0.05, 0.1) is 14.2 Å². The molecule has 0 N–H and O–H groups in total. The van der Waals surface area contributed by atoms with Gasteiger partial charge in [-0.25, -0.2) is 0 Å². The van der Waals surface area contributed by atoms with Crippen LogP contribution in [-0.4, -0.2) is 20.0 Å². The molecular weight excluding hydrogens is 344 g/mol. The van der Waals surface area contributed by atoms with Crippen LogP contribution in [0.3, 0.4) is 0 Å². The Morgan fingerprint density at radius 2 is 1.77 bits per heavy atom. The Hall–Kier alpha value is -2.07. The summed E-state index contributed by atoms with van der Waals surface area (Å²) in [5.74, 6) is 1.38. The maximum Gasteiger partial charge on any atom is 0.189 e. The van der Waals surface area contributed by atoms with Gasteiger partial charge in [0.15, 0.2) is 17.3 Å². The van der Waals surface area contributed by atoms with Crippen LogP contribution in [0.4, 0.5) is 0 Å². The standard InChI is InChI=1S/C18H15BrO3/c1-21-16-9-12(15(19)10-17(16)22-2)8-13-7-11-5-3-4-6-14(11)18(13)20/h3-6,8-10H,7H2,1-2H3. The molecule has 0 saturated carbocycles. The third-order valence-corrected chi connectivity index (χ3v) is 4.45. The SMILES string of the molecule is COc1cc(Br)c(C=C2Cc3ccccc3C2=O)cc1OC. The summed E-state index contributed by atoms with van der Waals surface area (Å²) in [4.78, 5) is 12.5. The second kappa shape index (κ2) is 5.97. The smallest absolute Gasteiger partial charge is 0.189 e. The summed E-state index contributed by atoms with van der Waals surface area (Å²) in [6.45, 7) is 0. The fourth-order valence-corrected chi connectivity index (χ4v) is 3.08. The molecule has 0 amide bonds. The zero-order chi connectivity index (χ0) is 15.7. The van der Waals surface area contributed by atoms with Crippen LogP contribution in [0.25, 0.3) is 6.08 Å². The molecule has 1 aliphatic rings. The number of carbonyl (C=O) groups is 1. The van der Waals surface area contributed by atoms with Crippen molar-refractivity contribution in [1.29, 1.82) is 0 Å². The number of methoxy groups -OCH3 is 2. The molecule has 0 atom stereocenters. The van der Waals surface area contributed by atoms with Gasteiger partial charge in [-0.1, -0.05) is 40.2 Å². The van der Waals surface area contributed by atoms with E-state index in [-0.39, 0.29) is 5.78 Å². The minimum absolute atomic E-state index is 0.0947. The number of ether oxygens (including phenoxy) is 2. The highest BCUT2D eigenvalue weighted by Crippen LogP contribution is 2.36. The Labute approximate surface area is 137 Å². The molecule has 0 fully saturated rings. The first-order valence-electron chi connectivity index (χ1n) is 6.88. The molecular formula is C18H15BrO3. The highest BCUT2D eigenvalue weighted by Gasteiger charge is 2.24. The topological polar surface area (TPSA) is 35.5 Å². The third-order valence-electron chi connectivity index (χ3n) is 3.77. The minimum Gasteiger partial charge on any atom is -0.493 e. The molecule has 2 aromatic rings. The van der Waals surface area contributed by atoms with Gasteiger partial charge >= 0.3 is 0 Å². The van der Waals surface area contributed by atoms with E-state index in [1.54, 1.807) is 14.2 Å². The molecule has 22 heavy (non-hydrogen) atoms. The monoisotopic (exact) mass is 358 g/mol. The van der Waals surface area contributed by atoms with Gasteiger partial charge in [-0.2, -0.15) is 0 Å². The molecule has 1 aliphatic carbocycles. The van der Waals surface area contributed by atoms with E-state index in [9.17, 15) is 4.79 Å². The summed E-state index contributed by atoms with van der Waals surface area (Å²) in [6, 6.07) is 11.4. The molecule has 0 heterocycles. The number of fused-ring (bicyclic) bond motifs is 1. The zero-order valence-corrected chi connectivity index (χ0v) is 13.9. The largest absolute Gasteiger partial charge is 0.493 e. The number of ketones is 1. The normalized spacial score (nSPS) is 15.0. The molecule has 4 heteroatoms. The van der Waals surface area contributed by atoms with Gasteiger partial charge < -0.3 is 9.47 Å². The van der Waals surface area contributed by atoms with E-state index in [4.69, 9.17) is 9.47 Å². The molecule has 112 valence electrons. The summed E-state index contributed by atoms with van der Waals surface area (Å²) in [6.07, 6.45) is 2.57. The molecule has 0 aliphatic heterocycles. The molecule has 0 spiro atoms. The Kier molecular flexibility index (Phi) is 4.03. The molecule has 0 aromatic heterocycles. The molecule has 3 nitrogen and oxygen atoms in total. The fraction of sp³-hybridized carbons (Fsp3) is 0.167. The number of hydrogen-bond acceptors (Lipinski definition) is 3.